The van der Waals surface area contributed by atoms with Crippen LogP contribution in [0.1, 0.15) is 29.1 Å². The van der Waals surface area contributed by atoms with E-state index in [2.05, 4.69) is 0 Å². The smallest absolute Gasteiger partial charge is 0.258 e. The first-order chi connectivity index (χ1) is 11.2. The molecule has 3 nitrogen and oxygen atoms in total. The predicted octanol–water partition coefficient (Wildman–Crippen LogP) is 4.62. The lowest BCUT2D eigenvalue weighted by Crippen LogP contribution is -2.32. The third kappa shape index (κ3) is 4.57. The number of aromatic hydroxyl groups is 1. The number of para-hydroxylation sites is 1. The van der Waals surface area contributed by atoms with Crippen molar-refractivity contribution in [3.8, 4) is 5.75 Å². The molecule has 1 aromatic heterocycles. The Morgan fingerprint density at radius 1 is 1.22 bits per heavy atom. The second-order valence-corrected chi connectivity index (χ2v) is 6.15. The molecule has 1 amide bonds. The molecule has 23 heavy (non-hydrogen) atoms. The van der Waals surface area contributed by atoms with Crippen LogP contribution in [0.15, 0.2) is 65.6 Å². The molecule has 4 heteroatoms. The number of carbonyl (C=O) groups is 1. The SMILES string of the molecule is C/C=C\C(=C/C)CN(Cc1cccs1)C(=O)c1ccccc1O. The molecule has 1 heterocycles. The Kier molecular flexibility index (Phi) is 6.18. The molecule has 0 saturated heterocycles. The van der Waals surface area contributed by atoms with Crippen LogP contribution in [-0.2, 0) is 6.54 Å². The summed E-state index contributed by atoms with van der Waals surface area (Å²) >= 11 is 1.62. The minimum absolute atomic E-state index is 0.0155. The minimum atomic E-state index is -0.166. The Hall–Kier alpha value is -2.33. The third-order valence-corrected chi connectivity index (χ3v) is 4.33. The first kappa shape index (κ1) is 17.0. The van der Waals surface area contributed by atoms with Gasteiger partial charge in [-0.05, 0) is 43.0 Å². The number of phenolic OH excluding ortho intramolecular Hbond substituents is 1. The molecule has 0 atom stereocenters. The van der Waals surface area contributed by atoms with Crippen LogP contribution in [0.3, 0.4) is 0 Å². The summed E-state index contributed by atoms with van der Waals surface area (Å²) in [7, 11) is 0. The van der Waals surface area contributed by atoms with Gasteiger partial charge in [0.15, 0.2) is 0 Å². The summed E-state index contributed by atoms with van der Waals surface area (Å²) < 4.78 is 0. The predicted molar refractivity (Wildman–Crippen MR) is 95.7 cm³/mol. The highest BCUT2D eigenvalue weighted by Crippen LogP contribution is 2.21. The van der Waals surface area contributed by atoms with Gasteiger partial charge in [0.1, 0.15) is 5.75 Å². The zero-order valence-electron chi connectivity index (χ0n) is 13.4. The normalized spacial score (nSPS) is 11.8. The number of amides is 1. The molecule has 0 saturated carbocycles. The monoisotopic (exact) mass is 327 g/mol. The molecule has 120 valence electrons. The number of rotatable bonds is 6. The summed E-state index contributed by atoms with van der Waals surface area (Å²) in [6.45, 7) is 4.95. The lowest BCUT2D eigenvalue weighted by molar-refractivity contribution is 0.0758. The number of carbonyl (C=O) groups excluding carboxylic acids is 1. The van der Waals surface area contributed by atoms with Crippen LogP contribution in [0.4, 0.5) is 0 Å². The van der Waals surface area contributed by atoms with Gasteiger partial charge in [-0.15, -0.1) is 11.3 Å². The Balaban J connectivity index is 2.28. The van der Waals surface area contributed by atoms with Crippen LogP contribution in [0.2, 0.25) is 0 Å². The first-order valence-electron chi connectivity index (χ1n) is 7.53. The fraction of sp³-hybridized carbons (Fsp3) is 0.211. The Morgan fingerprint density at radius 2 is 2.00 bits per heavy atom. The standard InChI is InChI=1S/C19H21NO2S/c1-3-8-15(4-2)13-20(14-16-9-7-12-23-16)19(22)17-10-5-6-11-18(17)21/h3-12,21H,13-14H2,1-2H3/b8-3-,15-4+. The summed E-state index contributed by atoms with van der Waals surface area (Å²) in [5, 5.41) is 12.0. The van der Waals surface area contributed by atoms with Crippen molar-refractivity contribution in [2.24, 2.45) is 0 Å². The second kappa shape index (κ2) is 8.34. The van der Waals surface area contributed by atoms with E-state index in [1.807, 2.05) is 49.6 Å². The van der Waals surface area contributed by atoms with E-state index in [-0.39, 0.29) is 11.7 Å². The maximum absolute atomic E-state index is 12.9. The number of benzene rings is 1. The maximum atomic E-state index is 12.9. The van der Waals surface area contributed by atoms with Gasteiger partial charge in [0.05, 0.1) is 12.1 Å². The van der Waals surface area contributed by atoms with E-state index in [1.54, 1.807) is 40.5 Å². The van der Waals surface area contributed by atoms with E-state index in [4.69, 9.17) is 0 Å². The second-order valence-electron chi connectivity index (χ2n) is 5.12. The molecule has 0 aliphatic rings. The van der Waals surface area contributed by atoms with Crippen molar-refractivity contribution < 1.29 is 9.90 Å². The quantitative estimate of drug-likeness (QED) is 0.787. The van der Waals surface area contributed by atoms with Gasteiger partial charge in [-0.1, -0.05) is 36.4 Å². The Morgan fingerprint density at radius 3 is 2.61 bits per heavy atom. The third-order valence-electron chi connectivity index (χ3n) is 3.47. The van der Waals surface area contributed by atoms with Crippen molar-refractivity contribution in [1.82, 2.24) is 4.90 Å². The molecule has 0 bridgehead atoms. The fourth-order valence-electron chi connectivity index (χ4n) is 2.29. The van der Waals surface area contributed by atoms with Gasteiger partial charge in [-0.3, -0.25) is 4.79 Å². The van der Waals surface area contributed by atoms with Crippen LogP contribution in [-0.4, -0.2) is 22.5 Å². The lowest BCUT2D eigenvalue weighted by Gasteiger charge is -2.23. The summed E-state index contributed by atoms with van der Waals surface area (Å²) in [5.41, 5.74) is 1.40. The number of hydrogen-bond donors (Lipinski definition) is 1. The first-order valence-corrected chi connectivity index (χ1v) is 8.41. The number of phenols is 1. The van der Waals surface area contributed by atoms with E-state index in [9.17, 15) is 9.90 Å². The van der Waals surface area contributed by atoms with Crippen LogP contribution in [0.25, 0.3) is 0 Å². The molecular weight excluding hydrogens is 306 g/mol. The van der Waals surface area contributed by atoms with Crippen molar-refractivity contribution in [3.63, 3.8) is 0 Å². The van der Waals surface area contributed by atoms with Gasteiger partial charge in [-0.2, -0.15) is 0 Å². The van der Waals surface area contributed by atoms with E-state index < -0.39 is 0 Å². The topological polar surface area (TPSA) is 40.5 Å². The van der Waals surface area contributed by atoms with Crippen molar-refractivity contribution in [2.75, 3.05) is 6.54 Å². The van der Waals surface area contributed by atoms with Crippen molar-refractivity contribution in [1.29, 1.82) is 0 Å². The average molecular weight is 327 g/mol. The zero-order valence-corrected chi connectivity index (χ0v) is 14.2. The van der Waals surface area contributed by atoms with Crippen LogP contribution >= 0.6 is 11.3 Å². The van der Waals surface area contributed by atoms with Crippen LogP contribution < -0.4 is 0 Å². The van der Waals surface area contributed by atoms with Crippen molar-refractivity contribution >= 4 is 17.2 Å². The minimum Gasteiger partial charge on any atom is -0.507 e. The summed E-state index contributed by atoms with van der Waals surface area (Å²) in [6, 6.07) is 10.7. The van der Waals surface area contributed by atoms with E-state index in [1.165, 1.54) is 0 Å². The summed E-state index contributed by atoms with van der Waals surface area (Å²) in [5.74, 6) is -0.151. The maximum Gasteiger partial charge on any atom is 0.258 e. The molecule has 0 aliphatic heterocycles. The van der Waals surface area contributed by atoms with Crippen LogP contribution in [0.5, 0.6) is 5.75 Å². The number of thiophene rings is 1. The number of allylic oxidation sites excluding steroid dienone is 2. The highest BCUT2D eigenvalue weighted by molar-refractivity contribution is 7.09. The highest BCUT2D eigenvalue weighted by Gasteiger charge is 2.19. The van der Waals surface area contributed by atoms with Crippen molar-refractivity contribution in [2.45, 2.75) is 20.4 Å². The Bertz CT molecular complexity index is 702. The average Bonchev–Trinajstić information content (AvgIpc) is 3.06. The molecule has 2 rings (SSSR count). The lowest BCUT2D eigenvalue weighted by atomic mass is 10.1. The molecule has 2 aromatic rings. The molecule has 0 unspecified atom stereocenters. The largest absolute Gasteiger partial charge is 0.507 e. The summed E-state index contributed by atoms with van der Waals surface area (Å²) in [4.78, 5) is 15.7. The van der Waals surface area contributed by atoms with Gasteiger partial charge in [-0.25, -0.2) is 0 Å². The van der Waals surface area contributed by atoms with Gasteiger partial charge in [0.25, 0.3) is 5.91 Å². The van der Waals surface area contributed by atoms with E-state index in [0.717, 1.165) is 10.5 Å². The molecule has 0 aliphatic carbocycles. The van der Waals surface area contributed by atoms with Crippen molar-refractivity contribution in [3.05, 3.63) is 76.0 Å². The number of hydrogen-bond acceptors (Lipinski definition) is 3. The number of nitrogens with zero attached hydrogens (tertiary/aromatic N) is 1. The zero-order chi connectivity index (χ0) is 16.7. The van der Waals surface area contributed by atoms with Gasteiger partial charge >= 0.3 is 0 Å². The molecule has 1 N–H and O–H groups in total. The summed E-state index contributed by atoms with van der Waals surface area (Å²) in [6.07, 6.45) is 5.96. The highest BCUT2D eigenvalue weighted by atomic mass is 32.1. The molecule has 0 fully saturated rings. The van der Waals surface area contributed by atoms with Gasteiger partial charge < -0.3 is 10.0 Å². The molecule has 1 aromatic carbocycles. The van der Waals surface area contributed by atoms with Crippen LogP contribution in [0, 0.1) is 0 Å². The Labute approximate surface area is 141 Å². The fourth-order valence-corrected chi connectivity index (χ4v) is 3.01. The van der Waals surface area contributed by atoms with E-state index in [0.29, 0.717) is 18.7 Å². The molecular formula is C19H21NO2S. The van der Waals surface area contributed by atoms with E-state index >= 15 is 0 Å². The molecule has 0 radical (unpaired) electrons. The molecule has 0 spiro atoms. The van der Waals surface area contributed by atoms with Gasteiger partial charge in [0.2, 0.25) is 0 Å². The van der Waals surface area contributed by atoms with Gasteiger partial charge in [0, 0.05) is 11.4 Å².